The van der Waals surface area contributed by atoms with Gasteiger partial charge in [0.05, 0.1) is 13.1 Å². The van der Waals surface area contributed by atoms with Crippen LogP contribution in [0, 0.1) is 13.8 Å². The van der Waals surface area contributed by atoms with Gasteiger partial charge in [-0.25, -0.2) is 4.98 Å². The monoisotopic (exact) mass is 438 g/mol. The number of alkyl halides is 3. The number of carbonyl (C=O) groups excluding carboxylic acids is 1. The number of hydrogen-bond donors (Lipinski definition) is 0. The van der Waals surface area contributed by atoms with Gasteiger partial charge in [0.2, 0.25) is 0 Å². The normalized spacial score (nSPS) is 12.1. The smallest absolute Gasteiger partial charge is 0.348 e. The summed E-state index contributed by atoms with van der Waals surface area (Å²) in [5.74, 6) is 0.228. The molecule has 0 N–H and O–H groups in total. The van der Waals surface area contributed by atoms with Crippen LogP contribution in [0.25, 0.3) is 0 Å². The zero-order chi connectivity index (χ0) is 21.9. The number of hydrogen-bond acceptors (Lipinski definition) is 4. The van der Waals surface area contributed by atoms with E-state index in [-0.39, 0.29) is 24.7 Å². The molecule has 0 aliphatic heterocycles. The van der Waals surface area contributed by atoms with Crippen molar-refractivity contribution in [2.45, 2.75) is 46.1 Å². The summed E-state index contributed by atoms with van der Waals surface area (Å²) in [6.45, 7) is 3.90. The molecule has 0 unspecified atom stereocenters. The first-order chi connectivity index (χ1) is 14.1. The number of Topliss-reactive ketones (excluding diaryl/α,β-unsaturated/α-hetero) is 1. The highest BCUT2D eigenvalue weighted by atomic mass is 32.1. The van der Waals surface area contributed by atoms with Crippen molar-refractivity contribution >= 4 is 17.1 Å². The highest BCUT2D eigenvalue weighted by molar-refractivity contribution is 7.09. The van der Waals surface area contributed by atoms with E-state index < -0.39 is 12.7 Å². The number of rotatable bonds is 9. The Balaban J connectivity index is 1.63. The molecule has 0 bridgehead atoms. The van der Waals surface area contributed by atoms with Crippen LogP contribution in [-0.4, -0.2) is 44.6 Å². The summed E-state index contributed by atoms with van der Waals surface area (Å²) in [7, 11) is 1.71. The van der Waals surface area contributed by atoms with Gasteiger partial charge in [-0.1, -0.05) is 6.07 Å². The fourth-order valence-electron chi connectivity index (χ4n) is 3.56. The molecule has 3 rings (SSSR count). The van der Waals surface area contributed by atoms with Crippen molar-refractivity contribution in [1.29, 1.82) is 0 Å². The SMILES string of the molecule is Cc1cc(C(=O)CN(C)Cc2nccn2CC(F)(F)F)c(C)n1CCc1cccs1. The van der Waals surface area contributed by atoms with E-state index in [0.717, 1.165) is 28.9 Å². The Morgan fingerprint density at radius 1 is 1.30 bits per heavy atom. The lowest BCUT2D eigenvalue weighted by atomic mass is 10.1. The maximum absolute atomic E-state index is 12.9. The molecular weight excluding hydrogens is 413 g/mol. The second-order valence-electron chi connectivity index (χ2n) is 7.45. The molecule has 0 aliphatic rings. The van der Waals surface area contributed by atoms with Crippen LogP contribution in [0.3, 0.4) is 0 Å². The summed E-state index contributed by atoms with van der Waals surface area (Å²) in [6.07, 6.45) is -0.758. The Bertz CT molecular complexity index is 989. The molecule has 0 fully saturated rings. The predicted octanol–water partition coefficient (Wildman–Crippen LogP) is 4.48. The van der Waals surface area contributed by atoms with Gasteiger partial charge in [0.15, 0.2) is 5.78 Å². The molecule has 9 heteroatoms. The average Bonchev–Trinajstić information content (AvgIpc) is 3.35. The van der Waals surface area contributed by atoms with E-state index in [4.69, 9.17) is 0 Å². The second kappa shape index (κ2) is 9.18. The van der Waals surface area contributed by atoms with Gasteiger partial charge in [-0.2, -0.15) is 13.2 Å². The number of thiophene rings is 1. The first-order valence-electron chi connectivity index (χ1n) is 9.61. The molecule has 0 atom stereocenters. The fraction of sp³-hybridized carbons (Fsp3) is 0.429. The number of halogens is 3. The fourth-order valence-corrected chi connectivity index (χ4v) is 4.26. The van der Waals surface area contributed by atoms with E-state index >= 15 is 0 Å². The number of aromatic nitrogens is 3. The lowest BCUT2D eigenvalue weighted by molar-refractivity contribution is -0.141. The van der Waals surface area contributed by atoms with E-state index in [1.807, 2.05) is 26.0 Å². The molecule has 3 aromatic rings. The minimum Gasteiger partial charge on any atom is -0.348 e. The van der Waals surface area contributed by atoms with E-state index in [1.54, 1.807) is 23.3 Å². The number of likely N-dealkylation sites (N-methyl/N-ethyl adjacent to an activating group) is 1. The van der Waals surface area contributed by atoms with Crippen LogP contribution in [0.2, 0.25) is 0 Å². The summed E-state index contributed by atoms with van der Waals surface area (Å²) >= 11 is 1.72. The zero-order valence-electron chi connectivity index (χ0n) is 17.2. The topological polar surface area (TPSA) is 43.1 Å². The Labute approximate surface area is 177 Å². The van der Waals surface area contributed by atoms with Gasteiger partial charge in [0.25, 0.3) is 0 Å². The van der Waals surface area contributed by atoms with Crippen molar-refractivity contribution in [1.82, 2.24) is 19.0 Å². The first-order valence-corrected chi connectivity index (χ1v) is 10.5. The lowest BCUT2D eigenvalue weighted by Gasteiger charge is -2.17. The standard InChI is InChI=1S/C21H25F3N4OS/c1-15-11-18(16(2)28(15)8-6-17-5-4-10-30-17)19(29)12-26(3)13-20-25-7-9-27(20)14-21(22,23)24/h4-5,7,9-11H,6,8,12-14H2,1-3H3. The molecule has 0 amide bonds. The largest absolute Gasteiger partial charge is 0.406 e. The molecular formula is C21H25F3N4OS. The van der Waals surface area contributed by atoms with Crippen molar-refractivity contribution in [3.63, 3.8) is 0 Å². The van der Waals surface area contributed by atoms with Crippen molar-refractivity contribution in [2.24, 2.45) is 0 Å². The molecule has 0 spiro atoms. The summed E-state index contributed by atoms with van der Waals surface area (Å²) in [4.78, 5) is 19.9. The minimum absolute atomic E-state index is 0.0538. The molecule has 0 radical (unpaired) electrons. The maximum Gasteiger partial charge on any atom is 0.406 e. The summed E-state index contributed by atoms with van der Waals surface area (Å²) in [5, 5.41) is 2.05. The van der Waals surface area contributed by atoms with Gasteiger partial charge in [0, 0.05) is 40.8 Å². The van der Waals surface area contributed by atoms with Crippen LogP contribution in [0.5, 0.6) is 0 Å². The second-order valence-corrected chi connectivity index (χ2v) is 8.48. The van der Waals surface area contributed by atoms with Gasteiger partial charge in [-0.3, -0.25) is 9.69 Å². The summed E-state index contributed by atoms with van der Waals surface area (Å²) in [5.41, 5.74) is 2.60. The van der Waals surface area contributed by atoms with E-state index in [0.29, 0.717) is 5.56 Å². The zero-order valence-corrected chi connectivity index (χ0v) is 18.1. The number of imidazole rings is 1. The van der Waals surface area contributed by atoms with Crippen molar-refractivity contribution in [3.8, 4) is 0 Å². The predicted molar refractivity (Wildman–Crippen MR) is 111 cm³/mol. The Kier molecular flexibility index (Phi) is 6.82. The third-order valence-electron chi connectivity index (χ3n) is 5.01. The molecule has 0 saturated heterocycles. The molecule has 5 nitrogen and oxygen atoms in total. The lowest BCUT2D eigenvalue weighted by Crippen LogP contribution is -2.28. The third-order valence-corrected chi connectivity index (χ3v) is 5.95. The van der Waals surface area contributed by atoms with E-state index in [9.17, 15) is 18.0 Å². The van der Waals surface area contributed by atoms with Gasteiger partial charge in [0.1, 0.15) is 12.4 Å². The number of aryl methyl sites for hydroxylation is 2. The number of ketones is 1. The van der Waals surface area contributed by atoms with Crippen LogP contribution >= 0.6 is 11.3 Å². The summed E-state index contributed by atoms with van der Waals surface area (Å²) in [6, 6.07) is 6.02. The number of carbonyl (C=O) groups is 1. The Morgan fingerprint density at radius 2 is 2.07 bits per heavy atom. The van der Waals surface area contributed by atoms with Gasteiger partial charge >= 0.3 is 6.18 Å². The van der Waals surface area contributed by atoms with E-state index in [2.05, 4.69) is 21.0 Å². The quantitative estimate of drug-likeness (QED) is 0.463. The highest BCUT2D eigenvalue weighted by Crippen LogP contribution is 2.20. The molecule has 162 valence electrons. The number of nitrogens with zero attached hydrogens (tertiary/aromatic N) is 4. The van der Waals surface area contributed by atoms with Gasteiger partial charge < -0.3 is 9.13 Å². The van der Waals surface area contributed by atoms with Crippen molar-refractivity contribution in [2.75, 3.05) is 13.6 Å². The summed E-state index contributed by atoms with van der Waals surface area (Å²) < 4.78 is 41.3. The molecule has 30 heavy (non-hydrogen) atoms. The van der Waals surface area contributed by atoms with Crippen LogP contribution in [0.1, 0.15) is 32.4 Å². The molecule has 3 aromatic heterocycles. The first kappa shape index (κ1) is 22.3. The van der Waals surface area contributed by atoms with Crippen LogP contribution in [-0.2, 0) is 26.1 Å². The maximum atomic E-state index is 12.9. The van der Waals surface area contributed by atoms with Gasteiger partial charge in [-0.15, -0.1) is 11.3 Å². The van der Waals surface area contributed by atoms with Crippen LogP contribution in [0.15, 0.2) is 36.0 Å². The average molecular weight is 439 g/mol. The molecule has 0 aromatic carbocycles. The third kappa shape index (κ3) is 5.60. The Hall–Kier alpha value is -2.39. The van der Waals surface area contributed by atoms with Crippen molar-refractivity contribution < 1.29 is 18.0 Å². The van der Waals surface area contributed by atoms with E-state index in [1.165, 1.54) is 17.3 Å². The van der Waals surface area contributed by atoms with Crippen LogP contribution < -0.4 is 0 Å². The van der Waals surface area contributed by atoms with Crippen molar-refractivity contribution in [3.05, 3.63) is 63.6 Å². The van der Waals surface area contributed by atoms with Gasteiger partial charge in [-0.05, 0) is 44.8 Å². The van der Waals surface area contributed by atoms with Crippen LogP contribution in [0.4, 0.5) is 13.2 Å². The Morgan fingerprint density at radius 3 is 2.73 bits per heavy atom. The highest BCUT2D eigenvalue weighted by Gasteiger charge is 2.29. The molecule has 3 heterocycles. The minimum atomic E-state index is -4.31. The molecule has 0 saturated carbocycles. The molecule has 0 aliphatic carbocycles.